The van der Waals surface area contributed by atoms with Crippen molar-refractivity contribution in [2.45, 2.75) is 25.3 Å². The summed E-state index contributed by atoms with van der Waals surface area (Å²) in [5, 5.41) is 10.4. The summed E-state index contributed by atoms with van der Waals surface area (Å²) in [4.78, 5) is 11.0. The molecule has 0 aliphatic carbocycles. The zero-order chi connectivity index (χ0) is 17.4. The Hall–Kier alpha value is -2.81. The number of nitrogens with zero attached hydrogens (tertiary/aromatic N) is 4. The molecule has 25 heavy (non-hydrogen) atoms. The van der Waals surface area contributed by atoms with E-state index in [2.05, 4.69) is 32.3 Å². The Bertz CT molecular complexity index is 802. The monoisotopic (exact) mass is 342 g/mol. The lowest BCUT2D eigenvalue weighted by molar-refractivity contribution is 0.243. The van der Waals surface area contributed by atoms with Gasteiger partial charge >= 0.3 is 0 Å². The molecule has 2 aliphatic heterocycles. The topological polar surface area (TPSA) is 130 Å². The van der Waals surface area contributed by atoms with Gasteiger partial charge in [0.15, 0.2) is 11.6 Å². The van der Waals surface area contributed by atoms with E-state index in [1.54, 1.807) is 18.5 Å². The Morgan fingerprint density at radius 2 is 2.12 bits per heavy atom. The lowest BCUT2D eigenvalue weighted by atomic mass is 9.91. The number of ether oxygens (including phenoxy) is 1. The van der Waals surface area contributed by atoms with Crippen molar-refractivity contribution in [3.63, 3.8) is 0 Å². The molecule has 9 nitrogen and oxygen atoms in total. The van der Waals surface area contributed by atoms with Crippen LogP contribution in [0, 0.1) is 0 Å². The number of aromatic nitrogens is 3. The summed E-state index contributed by atoms with van der Waals surface area (Å²) in [5.41, 5.74) is 13.2. The molecular formula is C16H22N8O. The van der Waals surface area contributed by atoms with Crippen molar-refractivity contribution < 1.29 is 4.74 Å². The van der Waals surface area contributed by atoms with Crippen LogP contribution in [0.25, 0.3) is 0 Å². The number of amidine groups is 1. The highest BCUT2D eigenvalue weighted by Crippen LogP contribution is 2.38. The number of H-pyrrole nitrogens is 1. The van der Waals surface area contributed by atoms with Gasteiger partial charge in [0.25, 0.3) is 5.88 Å². The van der Waals surface area contributed by atoms with Crippen molar-refractivity contribution >= 4 is 23.0 Å². The number of rotatable bonds is 2. The number of aliphatic imine (C=N–C) groups is 1. The number of nitrogens with two attached hydrogens (primary N) is 2. The number of anilines is 2. The van der Waals surface area contributed by atoms with E-state index in [1.165, 1.54) is 0 Å². The fraction of sp³-hybridized carbons (Fsp3) is 0.438. The number of piperidine rings is 1. The van der Waals surface area contributed by atoms with E-state index in [1.807, 2.05) is 0 Å². The van der Waals surface area contributed by atoms with Crippen molar-refractivity contribution in [2.24, 2.45) is 10.7 Å². The van der Waals surface area contributed by atoms with Gasteiger partial charge < -0.3 is 26.4 Å². The van der Waals surface area contributed by atoms with Gasteiger partial charge in [0.05, 0.1) is 18.4 Å². The first-order valence-electron chi connectivity index (χ1n) is 8.33. The van der Waals surface area contributed by atoms with E-state index in [9.17, 15) is 0 Å². The second-order valence-electron chi connectivity index (χ2n) is 6.79. The number of pyridine rings is 1. The van der Waals surface area contributed by atoms with Gasteiger partial charge in [-0.2, -0.15) is 0 Å². The van der Waals surface area contributed by atoms with E-state index >= 15 is 0 Å². The second kappa shape index (κ2) is 5.92. The quantitative estimate of drug-likeness (QED) is 0.649. The third-order valence-corrected chi connectivity index (χ3v) is 4.67. The van der Waals surface area contributed by atoms with Gasteiger partial charge in [-0.15, -0.1) is 5.10 Å². The molecule has 0 saturated carbocycles. The summed E-state index contributed by atoms with van der Waals surface area (Å²) in [6, 6.07) is 1.68. The zero-order valence-electron chi connectivity index (χ0n) is 14.1. The van der Waals surface area contributed by atoms with Crippen LogP contribution >= 0.6 is 0 Å². The normalized spacial score (nSPS) is 19.0. The molecule has 0 unspecified atom stereocenters. The molecule has 4 rings (SSSR count). The maximum absolute atomic E-state index is 6.20. The molecular weight excluding hydrogens is 320 g/mol. The van der Waals surface area contributed by atoms with Crippen molar-refractivity contribution in [3.05, 3.63) is 18.5 Å². The molecule has 2 aliphatic rings. The Balaban J connectivity index is 1.52. The molecule has 1 fully saturated rings. The summed E-state index contributed by atoms with van der Waals surface area (Å²) in [7, 11) is 0. The minimum atomic E-state index is -0.0804. The number of likely N-dealkylation sites (tertiary alicyclic amines) is 1. The standard InChI is InChI=1S/C16H22N8O/c1-16(18)3-6-24(7-4-16)12-9-20-13-14(21-12)22-23-15(13)25-11-8-19-5-2-10(11)17/h2,5,8,20H,3-4,6-7,9,18H2,1H3,(H2,17,19)(H,22,23). The van der Waals surface area contributed by atoms with Gasteiger partial charge in [-0.25, -0.2) is 4.99 Å². The van der Waals surface area contributed by atoms with Crippen LogP contribution in [0.3, 0.4) is 0 Å². The highest BCUT2D eigenvalue weighted by Gasteiger charge is 2.29. The summed E-state index contributed by atoms with van der Waals surface area (Å²) in [6.07, 6.45) is 5.08. The zero-order valence-corrected chi connectivity index (χ0v) is 14.1. The van der Waals surface area contributed by atoms with E-state index < -0.39 is 0 Å². The third-order valence-electron chi connectivity index (χ3n) is 4.67. The lowest BCUT2D eigenvalue weighted by Gasteiger charge is -2.39. The summed E-state index contributed by atoms with van der Waals surface area (Å²) in [5.74, 6) is 2.51. The molecule has 0 atom stereocenters. The molecule has 4 heterocycles. The van der Waals surface area contributed by atoms with Crippen LogP contribution in [0.2, 0.25) is 0 Å². The minimum Gasteiger partial charge on any atom is -0.432 e. The van der Waals surface area contributed by atoms with Gasteiger partial charge in [0, 0.05) is 24.8 Å². The SMILES string of the molecule is CC1(N)CCN(C2=Nc3[nH]nc(Oc4cnccc4N)c3NC2)CC1. The van der Waals surface area contributed by atoms with Gasteiger partial charge in [-0.05, 0) is 25.8 Å². The predicted octanol–water partition coefficient (Wildman–Crippen LogP) is 1.45. The summed E-state index contributed by atoms with van der Waals surface area (Å²) in [6.45, 7) is 4.54. The first-order chi connectivity index (χ1) is 12.0. The molecule has 1 saturated heterocycles. The minimum absolute atomic E-state index is 0.0804. The largest absolute Gasteiger partial charge is 0.432 e. The molecule has 0 amide bonds. The lowest BCUT2D eigenvalue weighted by Crippen LogP contribution is -2.51. The molecule has 0 radical (unpaired) electrons. The number of hydrogen-bond acceptors (Lipinski definition) is 8. The number of hydrogen-bond donors (Lipinski definition) is 4. The Labute approximate surface area is 145 Å². The van der Waals surface area contributed by atoms with Gasteiger partial charge in [0.1, 0.15) is 11.5 Å². The second-order valence-corrected chi connectivity index (χ2v) is 6.79. The highest BCUT2D eigenvalue weighted by molar-refractivity contribution is 5.94. The molecule has 2 aromatic heterocycles. The van der Waals surface area contributed by atoms with Crippen LogP contribution in [-0.2, 0) is 0 Å². The van der Waals surface area contributed by atoms with Gasteiger partial charge in [-0.1, -0.05) is 0 Å². The predicted molar refractivity (Wildman–Crippen MR) is 96.3 cm³/mol. The van der Waals surface area contributed by atoms with E-state index in [4.69, 9.17) is 21.2 Å². The molecule has 0 aromatic carbocycles. The van der Waals surface area contributed by atoms with Crippen molar-refractivity contribution in [2.75, 3.05) is 30.7 Å². The van der Waals surface area contributed by atoms with Crippen LogP contribution in [0.1, 0.15) is 19.8 Å². The van der Waals surface area contributed by atoms with Crippen LogP contribution in [0.5, 0.6) is 11.6 Å². The summed E-state index contributed by atoms with van der Waals surface area (Å²) >= 11 is 0. The fourth-order valence-corrected chi connectivity index (χ4v) is 3.01. The summed E-state index contributed by atoms with van der Waals surface area (Å²) < 4.78 is 5.76. The molecule has 0 bridgehead atoms. The van der Waals surface area contributed by atoms with Crippen molar-refractivity contribution in [1.82, 2.24) is 20.1 Å². The number of fused-ring (bicyclic) bond motifs is 1. The molecule has 6 N–H and O–H groups in total. The van der Waals surface area contributed by atoms with E-state index in [0.29, 0.717) is 29.7 Å². The van der Waals surface area contributed by atoms with Crippen LogP contribution < -0.4 is 21.5 Å². The molecule has 9 heteroatoms. The number of nitrogen functional groups attached to an aromatic ring is 1. The first kappa shape index (κ1) is 15.7. The maximum atomic E-state index is 6.20. The van der Waals surface area contributed by atoms with Gasteiger partial charge in [-0.3, -0.25) is 10.1 Å². The Morgan fingerprint density at radius 1 is 1.32 bits per heavy atom. The number of aromatic amines is 1. The Morgan fingerprint density at radius 3 is 2.88 bits per heavy atom. The average Bonchev–Trinajstić information content (AvgIpc) is 2.99. The molecule has 0 spiro atoms. The van der Waals surface area contributed by atoms with E-state index in [0.717, 1.165) is 37.5 Å². The van der Waals surface area contributed by atoms with Crippen molar-refractivity contribution in [1.29, 1.82) is 0 Å². The smallest absolute Gasteiger partial charge is 0.264 e. The maximum Gasteiger partial charge on any atom is 0.264 e. The molecule has 132 valence electrons. The molecule has 2 aromatic rings. The van der Waals surface area contributed by atoms with Crippen LogP contribution in [0.15, 0.2) is 23.5 Å². The Kier molecular flexibility index (Phi) is 3.72. The van der Waals surface area contributed by atoms with Gasteiger partial charge in [0.2, 0.25) is 0 Å². The van der Waals surface area contributed by atoms with E-state index in [-0.39, 0.29) is 5.54 Å². The third kappa shape index (κ3) is 3.10. The van der Waals surface area contributed by atoms with Crippen molar-refractivity contribution in [3.8, 4) is 11.6 Å². The van der Waals surface area contributed by atoms with Crippen LogP contribution in [-0.4, -0.2) is 51.1 Å². The first-order valence-corrected chi connectivity index (χ1v) is 8.33. The fourth-order valence-electron chi connectivity index (χ4n) is 3.01. The number of nitrogens with one attached hydrogen (secondary N) is 2. The average molecular weight is 342 g/mol. The highest BCUT2D eigenvalue weighted by atomic mass is 16.5. The van der Waals surface area contributed by atoms with Crippen LogP contribution in [0.4, 0.5) is 17.2 Å².